The molecule has 2 aromatic rings. The van der Waals surface area contributed by atoms with E-state index in [0.717, 1.165) is 35.5 Å². The van der Waals surface area contributed by atoms with E-state index in [4.69, 9.17) is 4.74 Å². The van der Waals surface area contributed by atoms with Crippen LogP contribution in [0.3, 0.4) is 0 Å². The van der Waals surface area contributed by atoms with E-state index in [-0.39, 0.29) is 12.1 Å². The van der Waals surface area contributed by atoms with Gasteiger partial charge >= 0.3 is 6.09 Å². The van der Waals surface area contributed by atoms with Crippen molar-refractivity contribution in [2.75, 3.05) is 30.5 Å². The van der Waals surface area contributed by atoms with Crippen LogP contribution in [-0.4, -0.2) is 52.0 Å². The van der Waals surface area contributed by atoms with Crippen molar-refractivity contribution >= 4 is 33.8 Å². The normalized spacial score (nSPS) is 18.7. The van der Waals surface area contributed by atoms with Gasteiger partial charge in [-0.3, -0.25) is 8.86 Å². The molecular weight excluding hydrogens is 450 g/mol. The molecule has 0 bridgehead atoms. The van der Waals surface area contributed by atoms with Gasteiger partial charge in [0.1, 0.15) is 0 Å². The summed E-state index contributed by atoms with van der Waals surface area (Å²) in [6.07, 6.45) is 7.61. The minimum absolute atomic E-state index is 0.129. The lowest BCUT2D eigenvalue weighted by molar-refractivity contribution is 0.0976. The Kier molecular flexibility index (Phi) is 8.80. The summed E-state index contributed by atoms with van der Waals surface area (Å²) in [4.78, 5) is 13.7. The molecule has 2 aliphatic rings. The van der Waals surface area contributed by atoms with Crippen LogP contribution in [0.1, 0.15) is 57.4 Å². The predicted molar refractivity (Wildman–Crippen MR) is 137 cm³/mol. The number of carbonyl (C=O) groups is 1. The number of piperidine rings is 1. The second-order valence-electron chi connectivity index (χ2n) is 9.40. The Hall–Kier alpha value is -2.16. The van der Waals surface area contributed by atoms with Crippen LogP contribution in [0, 0.1) is 5.92 Å². The van der Waals surface area contributed by atoms with Gasteiger partial charge in [-0.2, -0.15) is 0 Å². The van der Waals surface area contributed by atoms with Gasteiger partial charge < -0.3 is 15.0 Å². The Labute approximate surface area is 205 Å². The third kappa shape index (κ3) is 5.90. The summed E-state index contributed by atoms with van der Waals surface area (Å²) in [6.45, 7) is 5.00. The lowest BCUT2D eigenvalue weighted by Crippen LogP contribution is -2.47. The number of benzene rings is 2. The molecule has 1 aliphatic carbocycles. The number of fused-ring (bicyclic) bond motifs is 1. The van der Waals surface area contributed by atoms with E-state index in [1.807, 2.05) is 24.3 Å². The maximum absolute atomic E-state index is 12.5. The van der Waals surface area contributed by atoms with Crippen molar-refractivity contribution in [1.82, 2.24) is 10.2 Å². The molecule has 0 radical (unpaired) electrons. The first kappa shape index (κ1) is 24.9. The lowest BCUT2D eigenvalue weighted by atomic mass is 9.89. The number of likely N-dealkylation sites (tertiary alicyclic amines) is 1. The number of nitrogens with one attached hydrogen (secondary N) is 1. The van der Waals surface area contributed by atoms with Crippen molar-refractivity contribution in [1.29, 1.82) is 0 Å². The number of nitrogens with zero attached hydrogens (tertiary/aromatic N) is 2. The molecule has 186 valence electrons. The van der Waals surface area contributed by atoms with Crippen molar-refractivity contribution in [2.24, 2.45) is 5.92 Å². The molecule has 0 spiro atoms. The summed E-state index contributed by atoms with van der Waals surface area (Å²) in [5, 5.41) is 5.74. The molecule has 1 unspecified atom stereocenters. The van der Waals surface area contributed by atoms with E-state index in [1.165, 1.54) is 37.7 Å². The maximum Gasteiger partial charge on any atom is 0.409 e. The highest BCUT2D eigenvalue weighted by Crippen LogP contribution is 2.34. The van der Waals surface area contributed by atoms with Gasteiger partial charge in [-0.1, -0.05) is 49.6 Å². The van der Waals surface area contributed by atoms with Crippen molar-refractivity contribution in [2.45, 2.75) is 64.5 Å². The molecular formula is C26H37N3O4S. The van der Waals surface area contributed by atoms with Crippen molar-refractivity contribution in [3.05, 3.63) is 42.0 Å². The molecule has 1 amide bonds. The zero-order chi connectivity index (χ0) is 23.9. The summed E-state index contributed by atoms with van der Waals surface area (Å²) in [5.41, 5.74) is 1.97. The molecule has 2 N–H and O–H groups in total. The van der Waals surface area contributed by atoms with Crippen LogP contribution in [0.4, 0.5) is 10.5 Å². The standard InChI is InChI=1S/C26H37N3O4S/c1-2-33-26(30)28-16-14-22(15-17-28)29(34(31)32)25-13-12-21(23-10-6-7-11-24(23)25)19-27-18-20-8-4-3-5-9-20/h6-7,10-13,20,22,27H,2-5,8-9,14-19H2,1H3,(H,31,32). The van der Waals surface area contributed by atoms with Crippen LogP contribution < -0.4 is 9.62 Å². The molecule has 8 heteroatoms. The molecule has 1 aliphatic heterocycles. The SMILES string of the molecule is CCOC(=O)N1CCC(N(c2ccc(CNCC3CCCCC3)c3ccccc23)S(=O)O)CC1. The van der Waals surface area contributed by atoms with E-state index >= 15 is 0 Å². The molecule has 2 fully saturated rings. The largest absolute Gasteiger partial charge is 0.450 e. The summed E-state index contributed by atoms with van der Waals surface area (Å²) >= 11 is -2.17. The Bertz CT molecular complexity index is 987. The van der Waals surface area contributed by atoms with E-state index in [9.17, 15) is 13.6 Å². The van der Waals surface area contributed by atoms with E-state index in [1.54, 1.807) is 16.1 Å². The van der Waals surface area contributed by atoms with Gasteiger partial charge in [0.15, 0.2) is 0 Å². The van der Waals surface area contributed by atoms with Gasteiger partial charge in [-0.15, -0.1) is 0 Å². The van der Waals surface area contributed by atoms with Crippen LogP contribution in [0.15, 0.2) is 36.4 Å². The van der Waals surface area contributed by atoms with Gasteiger partial charge in [0, 0.05) is 31.1 Å². The van der Waals surface area contributed by atoms with Crippen molar-refractivity contribution in [3.8, 4) is 0 Å². The molecule has 0 aromatic heterocycles. The second-order valence-corrected chi connectivity index (χ2v) is 10.3. The topological polar surface area (TPSA) is 82.1 Å². The predicted octanol–water partition coefficient (Wildman–Crippen LogP) is 5.07. The first-order valence-electron chi connectivity index (χ1n) is 12.6. The molecule has 4 rings (SSSR count). The molecule has 7 nitrogen and oxygen atoms in total. The van der Waals surface area contributed by atoms with Gasteiger partial charge in [-0.05, 0) is 62.1 Å². The fourth-order valence-electron chi connectivity index (χ4n) is 5.40. The fraction of sp³-hybridized carbons (Fsp3) is 0.577. The Morgan fingerprint density at radius 2 is 1.79 bits per heavy atom. The fourth-order valence-corrected chi connectivity index (χ4v) is 6.19. The quantitative estimate of drug-likeness (QED) is 0.508. The summed E-state index contributed by atoms with van der Waals surface area (Å²) in [7, 11) is 0. The van der Waals surface area contributed by atoms with E-state index < -0.39 is 11.3 Å². The lowest BCUT2D eigenvalue weighted by Gasteiger charge is -2.37. The zero-order valence-electron chi connectivity index (χ0n) is 20.1. The smallest absolute Gasteiger partial charge is 0.409 e. The van der Waals surface area contributed by atoms with Gasteiger partial charge in [0.2, 0.25) is 0 Å². The number of carbonyl (C=O) groups excluding carboxylic acids is 1. The second kappa shape index (κ2) is 12.0. The van der Waals surface area contributed by atoms with Crippen LogP contribution in [0.2, 0.25) is 0 Å². The van der Waals surface area contributed by atoms with E-state index in [2.05, 4.69) is 17.4 Å². The highest BCUT2D eigenvalue weighted by Gasteiger charge is 2.31. The van der Waals surface area contributed by atoms with Crippen molar-refractivity contribution in [3.63, 3.8) is 0 Å². The average Bonchev–Trinajstić information content (AvgIpc) is 2.86. The number of hydrogen-bond donors (Lipinski definition) is 2. The monoisotopic (exact) mass is 487 g/mol. The van der Waals surface area contributed by atoms with Gasteiger partial charge in [-0.25, -0.2) is 9.00 Å². The Morgan fingerprint density at radius 3 is 2.47 bits per heavy atom. The molecule has 2 aromatic carbocycles. The molecule has 1 saturated carbocycles. The minimum atomic E-state index is -2.17. The van der Waals surface area contributed by atoms with Crippen LogP contribution in [-0.2, 0) is 22.5 Å². The average molecular weight is 488 g/mol. The Balaban J connectivity index is 1.50. The Morgan fingerprint density at radius 1 is 1.09 bits per heavy atom. The van der Waals surface area contributed by atoms with Crippen LogP contribution in [0.5, 0.6) is 0 Å². The molecule has 34 heavy (non-hydrogen) atoms. The van der Waals surface area contributed by atoms with Crippen molar-refractivity contribution < 1.29 is 18.3 Å². The maximum atomic E-state index is 12.5. The van der Waals surface area contributed by atoms with E-state index in [0.29, 0.717) is 32.5 Å². The number of ether oxygens (including phenoxy) is 1. The summed E-state index contributed by atoms with van der Waals surface area (Å²) < 4.78 is 29.5. The third-order valence-electron chi connectivity index (χ3n) is 7.19. The number of amides is 1. The first-order valence-corrected chi connectivity index (χ1v) is 13.7. The molecule has 1 heterocycles. The number of rotatable bonds is 8. The van der Waals surface area contributed by atoms with Gasteiger partial charge in [0.25, 0.3) is 11.3 Å². The molecule has 1 atom stereocenters. The minimum Gasteiger partial charge on any atom is -0.450 e. The summed E-state index contributed by atoms with van der Waals surface area (Å²) in [5.74, 6) is 0.770. The number of hydrogen-bond acceptors (Lipinski definition) is 4. The number of anilines is 1. The first-order chi connectivity index (χ1) is 16.6. The van der Waals surface area contributed by atoms with Crippen LogP contribution in [0.25, 0.3) is 10.8 Å². The van der Waals surface area contributed by atoms with Crippen LogP contribution >= 0.6 is 0 Å². The highest BCUT2D eigenvalue weighted by molar-refractivity contribution is 7.80. The van der Waals surface area contributed by atoms with Gasteiger partial charge in [0.05, 0.1) is 12.3 Å². The highest BCUT2D eigenvalue weighted by atomic mass is 32.2. The third-order valence-corrected chi connectivity index (χ3v) is 8.02. The zero-order valence-corrected chi connectivity index (χ0v) is 20.9. The molecule has 1 saturated heterocycles. The summed E-state index contributed by atoms with van der Waals surface area (Å²) in [6, 6.07) is 12.1.